The van der Waals surface area contributed by atoms with Gasteiger partial charge in [-0.25, -0.2) is 0 Å². The van der Waals surface area contributed by atoms with Gasteiger partial charge in [0.15, 0.2) is 0 Å². The van der Waals surface area contributed by atoms with E-state index >= 15 is 0 Å². The number of nitrogens with one attached hydrogen (secondary N) is 1. The molecule has 0 heterocycles. The molecule has 0 amide bonds. The van der Waals surface area contributed by atoms with Crippen molar-refractivity contribution in [3.05, 3.63) is 33.3 Å². The highest BCUT2D eigenvalue weighted by atomic mass is 79.9. The minimum atomic E-state index is 0.353. The monoisotopic (exact) mass is 345 g/mol. The maximum absolute atomic E-state index is 6.44. The molecule has 0 spiro atoms. The summed E-state index contributed by atoms with van der Waals surface area (Å²) in [4.78, 5) is 0. The highest BCUT2D eigenvalue weighted by Crippen LogP contribution is 2.33. The van der Waals surface area contributed by atoms with Crippen LogP contribution in [0.5, 0.6) is 0 Å². The van der Waals surface area contributed by atoms with Crippen LogP contribution in [-0.4, -0.2) is 6.54 Å². The molecule has 0 saturated carbocycles. The standard InChI is InChI=1S/C16H25BrClN/c1-4-7-12(3)11-15(19-10-5-2)13-8-6-9-14(17)16(13)18/h6,8-9,12,15,19H,4-5,7,10-11H2,1-3H3. The van der Waals surface area contributed by atoms with Crippen LogP contribution in [0.4, 0.5) is 0 Å². The Morgan fingerprint density at radius 1 is 1.26 bits per heavy atom. The van der Waals surface area contributed by atoms with Crippen LogP contribution >= 0.6 is 27.5 Å². The Labute approximate surface area is 131 Å². The lowest BCUT2D eigenvalue weighted by molar-refractivity contribution is 0.390. The molecule has 0 saturated heterocycles. The van der Waals surface area contributed by atoms with Crippen LogP contribution in [0.2, 0.25) is 5.02 Å². The Kier molecular flexibility index (Phi) is 8.05. The van der Waals surface area contributed by atoms with Crippen LogP contribution in [0.3, 0.4) is 0 Å². The smallest absolute Gasteiger partial charge is 0.0595 e. The van der Waals surface area contributed by atoms with Gasteiger partial charge in [-0.2, -0.15) is 0 Å². The summed E-state index contributed by atoms with van der Waals surface area (Å²) in [6.07, 6.45) is 4.80. The summed E-state index contributed by atoms with van der Waals surface area (Å²) in [6, 6.07) is 6.56. The van der Waals surface area contributed by atoms with Crippen molar-refractivity contribution >= 4 is 27.5 Å². The van der Waals surface area contributed by atoms with Gasteiger partial charge in [-0.1, -0.05) is 57.3 Å². The zero-order valence-corrected chi connectivity index (χ0v) is 14.5. The van der Waals surface area contributed by atoms with Gasteiger partial charge in [0.2, 0.25) is 0 Å². The zero-order valence-electron chi connectivity index (χ0n) is 12.2. The first-order chi connectivity index (χ1) is 9.10. The topological polar surface area (TPSA) is 12.0 Å². The van der Waals surface area contributed by atoms with Crippen LogP contribution < -0.4 is 5.32 Å². The van der Waals surface area contributed by atoms with E-state index in [1.54, 1.807) is 0 Å². The fourth-order valence-electron chi connectivity index (χ4n) is 2.44. The maximum atomic E-state index is 6.44. The molecule has 1 nitrogen and oxygen atoms in total. The first-order valence-electron chi connectivity index (χ1n) is 7.27. The minimum absolute atomic E-state index is 0.353. The van der Waals surface area contributed by atoms with Gasteiger partial charge in [0.1, 0.15) is 0 Å². The van der Waals surface area contributed by atoms with E-state index in [9.17, 15) is 0 Å². The van der Waals surface area contributed by atoms with Gasteiger partial charge < -0.3 is 5.32 Å². The van der Waals surface area contributed by atoms with Gasteiger partial charge in [0, 0.05) is 10.5 Å². The van der Waals surface area contributed by atoms with E-state index in [1.165, 1.54) is 18.4 Å². The Morgan fingerprint density at radius 3 is 2.63 bits per heavy atom. The van der Waals surface area contributed by atoms with E-state index in [4.69, 9.17) is 11.6 Å². The summed E-state index contributed by atoms with van der Waals surface area (Å²) in [7, 11) is 0. The molecule has 0 aliphatic carbocycles. The van der Waals surface area contributed by atoms with Crippen molar-refractivity contribution in [2.75, 3.05) is 6.54 Å². The van der Waals surface area contributed by atoms with Gasteiger partial charge in [0.25, 0.3) is 0 Å². The van der Waals surface area contributed by atoms with Crippen molar-refractivity contribution in [2.24, 2.45) is 5.92 Å². The van der Waals surface area contributed by atoms with Crippen LogP contribution in [0.15, 0.2) is 22.7 Å². The molecule has 3 heteroatoms. The highest BCUT2D eigenvalue weighted by Gasteiger charge is 2.18. The average Bonchev–Trinajstić information content (AvgIpc) is 2.38. The van der Waals surface area contributed by atoms with E-state index in [0.29, 0.717) is 6.04 Å². The molecule has 0 aliphatic rings. The van der Waals surface area contributed by atoms with Crippen molar-refractivity contribution in [1.82, 2.24) is 5.32 Å². The fraction of sp³-hybridized carbons (Fsp3) is 0.625. The maximum Gasteiger partial charge on any atom is 0.0595 e. The molecule has 1 aromatic carbocycles. The van der Waals surface area contributed by atoms with E-state index < -0.39 is 0 Å². The van der Waals surface area contributed by atoms with Gasteiger partial charge >= 0.3 is 0 Å². The van der Waals surface area contributed by atoms with Gasteiger partial charge in [-0.05, 0) is 52.9 Å². The predicted octanol–water partition coefficient (Wildman–Crippen LogP) is 5.97. The largest absolute Gasteiger partial charge is 0.310 e. The summed E-state index contributed by atoms with van der Waals surface area (Å²) in [5, 5.41) is 4.48. The molecule has 0 aliphatic heterocycles. The van der Waals surface area contributed by atoms with Crippen molar-refractivity contribution in [2.45, 2.75) is 52.5 Å². The fourth-order valence-corrected chi connectivity index (χ4v) is 3.08. The van der Waals surface area contributed by atoms with Crippen molar-refractivity contribution < 1.29 is 0 Å². The molecule has 108 valence electrons. The third kappa shape index (κ3) is 5.45. The molecule has 1 N–H and O–H groups in total. The SMILES string of the molecule is CCCNC(CC(C)CCC)c1cccc(Br)c1Cl. The quantitative estimate of drug-likeness (QED) is 0.611. The molecule has 2 unspecified atom stereocenters. The van der Waals surface area contributed by atoms with Crippen molar-refractivity contribution in [1.29, 1.82) is 0 Å². The van der Waals surface area contributed by atoms with E-state index in [2.05, 4.69) is 54.2 Å². The molecular formula is C16H25BrClN. The third-order valence-electron chi connectivity index (χ3n) is 3.42. The van der Waals surface area contributed by atoms with E-state index in [0.717, 1.165) is 34.8 Å². The molecule has 19 heavy (non-hydrogen) atoms. The molecule has 0 bridgehead atoms. The molecule has 0 fully saturated rings. The van der Waals surface area contributed by atoms with Crippen LogP contribution in [-0.2, 0) is 0 Å². The lowest BCUT2D eigenvalue weighted by Crippen LogP contribution is -2.24. The van der Waals surface area contributed by atoms with E-state index in [-0.39, 0.29) is 0 Å². The third-order valence-corrected chi connectivity index (χ3v) is 4.73. The lowest BCUT2D eigenvalue weighted by atomic mass is 9.93. The lowest BCUT2D eigenvalue weighted by Gasteiger charge is -2.24. The van der Waals surface area contributed by atoms with Crippen molar-refractivity contribution in [3.63, 3.8) is 0 Å². The molecule has 0 aromatic heterocycles. The first-order valence-corrected chi connectivity index (χ1v) is 8.44. The Morgan fingerprint density at radius 2 is 2.00 bits per heavy atom. The van der Waals surface area contributed by atoms with Crippen LogP contribution in [0.1, 0.15) is 58.1 Å². The summed E-state index contributed by atoms with van der Waals surface area (Å²) < 4.78 is 0.984. The van der Waals surface area contributed by atoms with Crippen molar-refractivity contribution in [3.8, 4) is 0 Å². The number of halogens is 2. The second-order valence-corrected chi connectivity index (χ2v) is 6.51. The van der Waals surface area contributed by atoms with Crippen LogP contribution in [0.25, 0.3) is 0 Å². The number of benzene rings is 1. The summed E-state index contributed by atoms with van der Waals surface area (Å²) in [6.45, 7) is 7.81. The number of hydrogen-bond acceptors (Lipinski definition) is 1. The predicted molar refractivity (Wildman–Crippen MR) is 88.9 cm³/mol. The molecule has 2 atom stereocenters. The molecule has 0 radical (unpaired) electrons. The van der Waals surface area contributed by atoms with Gasteiger partial charge in [-0.3, -0.25) is 0 Å². The van der Waals surface area contributed by atoms with Gasteiger partial charge in [-0.15, -0.1) is 0 Å². The Bertz CT molecular complexity index is 381. The molecular weight excluding hydrogens is 322 g/mol. The first kappa shape index (κ1) is 17.0. The highest BCUT2D eigenvalue weighted by molar-refractivity contribution is 9.10. The normalized spacial score (nSPS) is 14.4. The summed E-state index contributed by atoms with van der Waals surface area (Å²) in [5.41, 5.74) is 1.22. The minimum Gasteiger partial charge on any atom is -0.310 e. The second kappa shape index (κ2) is 8.99. The van der Waals surface area contributed by atoms with Gasteiger partial charge in [0.05, 0.1) is 5.02 Å². The number of hydrogen-bond donors (Lipinski definition) is 1. The Hall–Kier alpha value is -0.0500. The molecule has 1 aromatic rings. The second-order valence-electron chi connectivity index (χ2n) is 5.28. The molecule has 1 rings (SSSR count). The van der Waals surface area contributed by atoms with Crippen LogP contribution in [0, 0.1) is 5.92 Å². The van der Waals surface area contributed by atoms with E-state index in [1.807, 2.05) is 6.07 Å². The zero-order chi connectivity index (χ0) is 14.3. The number of rotatable bonds is 8. The summed E-state index contributed by atoms with van der Waals surface area (Å²) >= 11 is 9.96. The Balaban J connectivity index is 2.85. The summed E-state index contributed by atoms with van der Waals surface area (Å²) in [5.74, 6) is 0.717. The average molecular weight is 347 g/mol.